The molecule has 0 aliphatic carbocycles. The van der Waals surface area contributed by atoms with Crippen LogP contribution in [0.3, 0.4) is 0 Å². The third kappa shape index (κ3) is 3.46. The molecule has 0 saturated carbocycles. The molecule has 0 N–H and O–H groups in total. The van der Waals surface area contributed by atoms with Crippen molar-refractivity contribution < 1.29 is 13.9 Å². The lowest BCUT2D eigenvalue weighted by atomic mass is 10.1. The summed E-state index contributed by atoms with van der Waals surface area (Å²) in [5, 5.41) is 4.62. The number of furan rings is 1. The molecular weight excluding hydrogens is 404 g/mol. The minimum atomic E-state index is -0.314. The van der Waals surface area contributed by atoms with E-state index in [2.05, 4.69) is 0 Å². The van der Waals surface area contributed by atoms with E-state index < -0.39 is 0 Å². The van der Waals surface area contributed by atoms with Crippen LogP contribution < -0.4 is 4.74 Å². The molecule has 5 rings (SSSR count). The maximum Gasteiger partial charge on any atom is 0.321 e. The smallest absolute Gasteiger partial charge is 0.321 e. The van der Waals surface area contributed by atoms with Gasteiger partial charge in [0, 0.05) is 26.1 Å². The van der Waals surface area contributed by atoms with E-state index >= 15 is 0 Å². The molecule has 29 heavy (non-hydrogen) atoms. The largest absolute Gasteiger partial charge is 0.456 e. The summed E-state index contributed by atoms with van der Waals surface area (Å²) in [7, 11) is 0. The van der Waals surface area contributed by atoms with Crippen molar-refractivity contribution in [3.8, 4) is 5.75 Å². The number of carbonyl (C=O) groups excluding carboxylic acids is 1. The molecule has 0 amide bonds. The summed E-state index contributed by atoms with van der Waals surface area (Å²) in [4.78, 5) is 13.4. The molecule has 142 valence electrons. The van der Waals surface area contributed by atoms with Crippen LogP contribution in [-0.2, 0) is 4.79 Å². The van der Waals surface area contributed by atoms with Crippen molar-refractivity contribution in [3.05, 3.63) is 83.9 Å². The molecule has 0 radical (unpaired) electrons. The van der Waals surface area contributed by atoms with Crippen LogP contribution in [0.25, 0.3) is 32.7 Å². The second-order valence-corrected chi connectivity index (χ2v) is 8.04. The lowest BCUT2D eigenvalue weighted by Crippen LogP contribution is -2.10. The summed E-state index contributed by atoms with van der Waals surface area (Å²) in [5.41, 5.74) is 1.58. The fourth-order valence-corrected chi connectivity index (χ4v) is 4.67. The number of hydrogen-bond donors (Lipinski definition) is 0. The summed E-state index contributed by atoms with van der Waals surface area (Å²) in [6.45, 7) is 0. The highest BCUT2D eigenvalue weighted by atomic mass is 35.5. The van der Waals surface area contributed by atoms with Crippen LogP contribution in [0.2, 0.25) is 5.02 Å². The summed E-state index contributed by atoms with van der Waals surface area (Å²) >= 11 is 7.78. The normalized spacial score (nSPS) is 11.3. The molecule has 0 aliphatic heterocycles. The van der Waals surface area contributed by atoms with E-state index in [0.717, 1.165) is 37.6 Å². The number of fused-ring (bicyclic) bond motifs is 4. The summed E-state index contributed by atoms with van der Waals surface area (Å²) in [6, 6.07) is 25.0. The van der Waals surface area contributed by atoms with Crippen molar-refractivity contribution in [2.45, 2.75) is 4.90 Å². The van der Waals surface area contributed by atoms with E-state index in [0.29, 0.717) is 10.8 Å². The zero-order chi connectivity index (χ0) is 19.8. The highest BCUT2D eigenvalue weighted by molar-refractivity contribution is 8.00. The first kappa shape index (κ1) is 18.1. The van der Waals surface area contributed by atoms with Gasteiger partial charge in [-0.05, 0) is 41.8 Å². The fraction of sp³-hybridized carbons (Fsp3) is 0.0417. The Balaban J connectivity index is 1.35. The number of esters is 1. The van der Waals surface area contributed by atoms with Crippen molar-refractivity contribution in [3.63, 3.8) is 0 Å². The quantitative estimate of drug-likeness (QED) is 0.177. The number of para-hydroxylation sites is 1. The Morgan fingerprint density at radius 3 is 2.59 bits per heavy atom. The number of ether oxygens (including phenoxy) is 1. The Morgan fingerprint density at radius 1 is 0.897 bits per heavy atom. The summed E-state index contributed by atoms with van der Waals surface area (Å²) in [5.74, 6) is 0.380. The molecule has 0 unspecified atom stereocenters. The fourth-order valence-electron chi connectivity index (χ4n) is 3.45. The maximum absolute atomic E-state index is 12.4. The molecular formula is C24H15ClO3S. The Bertz CT molecular complexity index is 1370. The molecule has 3 nitrogen and oxygen atoms in total. The van der Waals surface area contributed by atoms with Gasteiger partial charge in [0.05, 0.1) is 5.75 Å². The Kier molecular flexibility index (Phi) is 4.66. The van der Waals surface area contributed by atoms with Gasteiger partial charge in [-0.25, -0.2) is 0 Å². The van der Waals surface area contributed by atoms with Gasteiger partial charge in [-0.3, -0.25) is 4.79 Å². The van der Waals surface area contributed by atoms with Crippen molar-refractivity contribution in [2.24, 2.45) is 0 Å². The zero-order valence-electron chi connectivity index (χ0n) is 15.2. The minimum Gasteiger partial charge on any atom is -0.456 e. The van der Waals surface area contributed by atoms with Gasteiger partial charge in [0.2, 0.25) is 0 Å². The van der Waals surface area contributed by atoms with Gasteiger partial charge >= 0.3 is 5.97 Å². The predicted molar refractivity (Wildman–Crippen MR) is 119 cm³/mol. The highest BCUT2D eigenvalue weighted by Gasteiger charge is 2.12. The van der Waals surface area contributed by atoms with Gasteiger partial charge in [0.1, 0.15) is 16.9 Å². The third-order valence-corrected chi connectivity index (χ3v) is 6.09. The van der Waals surface area contributed by atoms with Gasteiger partial charge in [0.25, 0.3) is 0 Å². The molecule has 1 heterocycles. The molecule has 0 saturated heterocycles. The van der Waals surface area contributed by atoms with Gasteiger partial charge in [-0.2, -0.15) is 0 Å². The van der Waals surface area contributed by atoms with Gasteiger partial charge in [-0.15, -0.1) is 11.8 Å². The molecule has 0 aliphatic rings. The second-order valence-electron chi connectivity index (χ2n) is 6.61. The molecule has 4 aromatic carbocycles. The van der Waals surface area contributed by atoms with Crippen molar-refractivity contribution in [1.29, 1.82) is 0 Å². The average Bonchev–Trinajstić information content (AvgIpc) is 3.10. The molecule has 5 heteroatoms. The van der Waals surface area contributed by atoms with E-state index in [4.69, 9.17) is 20.8 Å². The van der Waals surface area contributed by atoms with Crippen molar-refractivity contribution in [2.75, 3.05) is 5.75 Å². The average molecular weight is 419 g/mol. The van der Waals surface area contributed by atoms with Gasteiger partial charge < -0.3 is 9.15 Å². The number of halogens is 1. The highest BCUT2D eigenvalue weighted by Crippen LogP contribution is 2.34. The Labute approximate surface area is 176 Å². The number of carbonyl (C=O) groups is 1. The number of hydrogen-bond acceptors (Lipinski definition) is 4. The van der Waals surface area contributed by atoms with Gasteiger partial charge in [-0.1, -0.05) is 54.1 Å². The first-order chi connectivity index (χ1) is 14.2. The van der Waals surface area contributed by atoms with E-state index in [1.807, 2.05) is 72.8 Å². The second kappa shape index (κ2) is 7.47. The molecule has 0 atom stereocenters. The third-order valence-electron chi connectivity index (χ3n) is 4.74. The lowest BCUT2D eigenvalue weighted by Gasteiger charge is -2.08. The topological polar surface area (TPSA) is 39.4 Å². The van der Waals surface area contributed by atoms with Crippen LogP contribution in [-0.4, -0.2) is 11.7 Å². The first-order valence-electron chi connectivity index (χ1n) is 9.11. The first-order valence-corrected chi connectivity index (χ1v) is 10.5. The number of rotatable bonds is 4. The van der Waals surface area contributed by atoms with Crippen molar-refractivity contribution >= 4 is 62.0 Å². The van der Waals surface area contributed by atoms with Gasteiger partial charge in [0.15, 0.2) is 0 Å². The molecule has 1 aromatic heterocycles. The van der Waals surface area contributed by atoms with Crippen LogP contribution in [0.1, 0.15) is 0 Å². The van der Waals surface area contributed by atoms with Crippen LogP contribution in [0, 0.1) is 0 Å². The predicted octanol–water partition coefficient (Wildman–Crippen LogP) is 7.09. The minimum absolute atomic E-state index is 0.189. The standard InChI is InChI=1S/C24H15ClO3S/c25-19-8-3-5-15-6-4-10-22(24(15)19)29-14-23(26)27-16-11-12-21-18(13-16)17-7-1-2-9-20(17)28-21/h1-13H,14H2. The molecule has 0 spiro atoms. The van der Waals surface area contributed by atoms with E-state index in [-0.39, 0.29) is 11.7 Å². The van der Waals surface area contributed by atoms with E-state index in [9.17, 15) is 4.79 Å². The van der Waals surface area contributed by atoms with Crippen LogP contribution in [0.15, 0.2) is 88.2 Å². The van der Waals surface area contributed by atoms with Crippen LogP contribution >= 0.6 is 23.4 Å². The Morgan fingerprint density at radius 2 is 1.69 bits per heavy atom. The van der Waals surface area contributed by atoms with Crippen molar-refractivity contribution in [1.82, 2.24) is 0 Å². The van der Waals surface area contributed by atoms with E-state index in [1.54, 1.807) is 6.07 Å². The monoisotopic (exact) mass is 418 g/mol. The molecule has 0 bridgehead atoms. The molecule has 5 aromatic rings. The SMILES string of the molecule is O=C(CSc1cccc2cccc(Cl)c12)Oc1ccc2oc3ccccc3c2c1. The van der Waals surface area contributed by atoms with Crippen LogP contribution in [0.5, 0.6) is 5.75 Å². The van der Waals surface area contributed by atoms with Crippen LogP contribution in [0.4, 0.5) is 0 Å². The number of benzene rings is 4. The maximum atomic E-state index is 12.4. The Hall–Kier alpha value is -2.95. The van der Waals surface area contributed by atoms with E-state index in [1.165, 1.54) is 11.8 Å². The number of thioether (sulfide) groups is 1. The zero-order valence-corrected chi connectivity index (χ0v) is 16.8. The summed E-state index contributed by atoms with van der Waals surface area (Å²) < 4.78 is 11.4. The lowest BCUT2D eigenvalue weighted by molar-refractivity contribution is -0.131. The summed E-state index contributed by atoms with van der Waals surface area (Å²) in [6.07, 6.45) is 0. The molecule has 0 fully saturated rings.